The standard InChI is InChI=1S/C30H33N3O/c1-18(2)29-28-15-22(7-6-19(28)10-11-33-29)26-17-27(26)24-13-20(5-4-12-34-3)25-16-23(30(31)32)9-8-21(25)14-24/h4-9,13-16,18,26-27H,10-12,17H2,1-3H3,(H3,31,32)/b5-4+. The van der Waals surface area contributed by atoms with E-state index in [1.807, 2.05) is 18.2 Å². The highest BCUT2D eigenvalue weighted by Crippen LogP contribution is 2.55. The second-order valence-corrected chi connectivity index (χ2v) is 9.85. The Labute approximate surface area is 202 Å². The van der Waals surface area contributed by atoms with Gasteiger partial charge in [0.15, 0.2) is 0 Å². The molecule has 1 aliphatic heterocycles. The first kappa shape index (κ1) is 22.5. The van der Waals surface area contributed by atoms with E-state index in [-0.39, 0.29) is 5.84 Å². The quantitative estimate of drug-likeness (QED) is 0.339. The van der Waals surface area contributed by atoms with Crippen LogP contribution < -0.4 is 5.73 Å². The molecule has 0 aromatic heterocycles. The number of methoxy groups -OCH3 is 1. The van der Waals surface area contributed by atoms with Crippen LogP contribution in [0, 0.1) is 11.3 Å². The predicted octanol–water partition coefficient (Wildman–Crippen LogP) is 6.06. The van der Waals surface area contributed by atoms with Crippen molar-refractivity contribution in [1.29, 1.82) is 5.41 Å². The third kappa shape index (κ3) is 4.30. The summed E-state index contributed by atoms with van der Waals surface area (Å²) < 4.78 is 5.22. The maximum Gasteiger partial charge on any atom is 0.122 e. The first-order valence-corrected chi connectivity index (χ1v) is 12.2. The molecule has 0 bridgehead atoms. The monoisotopic (exact) mass is 451 g/mol. The van der Waals surface area contributed by atoms with E-state index in [0.717, 1.165) is 29.5 Å². The SMILES string of the molecule is COC/C=C/c1cc(C2CC2c2ccc3c(c2)C(C(C)C)=NCC3)cc2ccc(C(=N)N)cc12. The van der Waals surface area contributed by atoms with Gasteiger partial charge in [-0.1, -0.05) is 62.4 Å². The molecule has 0 spiro atoms. The number of nitrogens with zero attached hydrogens (tertiary/aromatic N) is 1. The molecule has 4 heteroatoms. The van der Waals surface area contributed by atoms with Gasteiger partial charge in [0.2, 0.25) is 0 Å². The van der Waals surface area contributed by atoms with Crippen molar-refractivity contribution in [3.8, 4) is 0 Å². The minimum Gasteiger partial charge on any atom is -0.384 e. The fourth-order valence-corrected chi connectivity index (χ4v) is 5.29. The lowest BCUT2D eigenvalue weighted by Gasteiger charge is -2.20. The molecule has 2 unspecified atom stereocenters. The molecule has 174 valence electrons. The summed E-state index contributed by atoms with van der Waals surface area (Å²) in [5, 5.41) is 10.1. The van der Waals surface area contributed by atoms with Crippen LogP contribution in [-0.4, -0.2) is 31.8 Å². The zero-order chi connectivity index (χ0) is 23.8. The van der Waals surface area contributed by atoms with Crippen LogP contribution >= 0.6 is 0 Å². The number of hydrogen-bond acceptors (Lipinski definition) is 3. The van der Waals surface area contributed by atoms with E-state index in [2.05, 4.69) is 56.3 Å². The number of nitrogens with two attached hydrogens (primary N) is 1. The van der Waals surface area contributed by atoms with Gasteiger partial charge in [-0.25, -0.2) is 0 Å². The number of benzene rings is 3. The number of fused-ring (bicyclic) bond motifs is 2. The molecule has 0 radical (unpaired) electrons. The van der Waals surface area contributed by atoms with Crippen LogP contribution in [0.15, 0.2) is 59.6 Å². The van der Waals surface area contributed by atoms with Gasteiger partial charge in [0, 0.05) is 24.9 Å². The summed E-state index contributed by atoms with van der Waals surface area (Å²) in [6, 6.07) is 17.8. The smallest absolute Gasteiger partial charge is 0.122 e. The molecule has 3 aromatic rings. The molecule has 0 amide bonds. The molecule has 2 atom stereocenters. The number of nitrogens with one attached hydrogen (secondary N) is 1. The molecular formula is C30H33N3O. The van der Waals surface area contributed by atoms with Gasteiger partial charge in [0.05, 0.1) is 6.61 Å². The van der Waals surface area contributed by atoms with Gasteiger partial charge in [0.1, 0.15) is 5.84 Å². The summed E-state index contributed by atoms with van der Waals surface area (Å²) in [5.74, 6) is 1.61. The van der Waals surface area contributed by atoms with Crippen LogP contribution in [0.3, 0.4) is 0 Å². The van der Waals surface area contributed by atoms with Crippen LogP contribution in [0.2, 0.25) is 0 Å². The highest BCUT2D eigenvalue weighted by molar-refractivity contribution is 6.04. The highest BCUT2D eigenvalue weighted by atomic mass is 16.5. The van der Waals surface area contributed by atoms with Crippen LogP contribution in [-0.2, 0) is 11.2 Å². The van der Waals surface area contributed by atoms with Crippen molar-refractivity contribution in [3.63, 3.8) is 0 Å². The summed E-state index contributed by atoms with van der Waals surface area (Å²) in [7, 11) is 1.70. The molecule has 3 aromatic carbocycles. The van der Waals surface area contributed by atoms with Crippen molar-refractivity contribution in [2.24, 2.45) is 16.6 Å². The number of amidine groups is 1. The molecule has 1 saturated carbocycles. The summed E-state index contributed by atoms with van der Waals surface area (Å²) in [6.45, 7) is 5.96. The summed E-state index contributed by atoms with van der Waals surface area (Å²) >= 11 is 0. The summed E-state index contributed by atoms with van der Waals surface area (Å²) in [5.41, 5.74) is 14.5. The molecule has 1 heterocycles. The third-order valence-electron chi connectivity index (χ3n) is 7.15. The van der Waals surface area contributed by atoms with Crippen LogP contribution in [0.4, 0.5) is 0 Å². The summed E-state index contributed by atoms with van der Waals surface area (Å²) in [6.07, 6.45) is 6.38. The van der Waals surface area contributed by atoms with Crippen molar-refractivity contribution in [3.05, 3.63) is 88.0 Å². The van der Waals surface area contributed by atoms with Gasteiger partial charge in [-0.2, -0.15) is 0 Å². The lowest BCUT2D eigenvalue weighted by atomic mass is 9.89. The Balaban J connectivity index is 1.49. The van der Waals surface area contributed by atoms with E-state index >= 15 is 0 Å². The first-order chi connectivity index (χ1) is 16.5. The van der Waals surface area contributed by atoms with E-state index in [9.17, 15) is 0 Å². The van der Waals surface area contributed by atoms with Crippen molar-refractivity contribution in [2.75, 3.05) is 20.3 Å². The minimum atomic E-state index is 0.0942. The Kier molecular flexibility index (Phi) is 6.09. The average molecular weight is 452 g/mol. The normalized spacial score (nSPS) is 19.5. The van der Waals surface area contributed by atoms with Crippen LogP contribution in [0.5, 0.6) is 0 Å². The first-order valence-electron chi connectivity index (χ1n) is 12.2. The topological polar surface area (TPSA) is 71.5 Å². The van der Waals surface area contributed by atoms with Gasteiger partial charge >= 0.3 is 0 Å². The van der Waals surface area contributed by atoms with E-state index < -0.39 is 0 Å². The van der Waals surface area contributed by atoms with E-state index in [0.29, 0.717) is 24.4 Å². The Morgan fingerprint density at radius 2 is 1.94 bits per heavy atom. The predicted molar refractivity (Wildman–Crippen MR) is 142 cm³/mol. The molecule has 5 rings (SSSR count). The Morgan fingerprint density at radius 3 is 2.71 bits per heavy atom. The second kappa shape index (κ2) is 9.19. The zero-order valence-electron chi connectivity index (χ0n) is 20.3. The molecule has 4 nitrogen and oxygen atoms in total. The van der Waals surface area contributed by atoms with Crippen molar-refractivity contribution in [1.82, 2.24) is 0 Å². The molecule has 34 heavy (non-hydrogen) atoms. The third-order valence-corrected chi connectivity index (χ3v) is 7.15. The molecule has 1 aliphatic carbocycles. The van der Waals surface area contributed by atoms with E-state index in [1.54, 1.807) is 7.11 Å². The Hall–Kier alpha value is -3.24. The van der Waals surface area contributed by atoms with Crippen molar-refractivity contribution >= 4 is 28.4 Å². The minimum absolute atomic E-state index is 0.0942. The number of rotatable bonds is 7. The van der Waals surface area contributed by atoms with E-state index in [4.69, 9.17) is 20.9 Å². The molecule has 2 aliphatic rings. The Morgan fingerprint density at radius 1 is 1.12 bits per heavy atom. The largest absolute Gasteiger partial charge is 0.384 e. The van der Waals surface area contributed by atoms with Crippen LogP contribution in [0.25, 0.3) is 16.8 Å². The fourth-order valence-electron chi connectivity index (χ4n) is 5.29. The lowest BCUT2D eigenvalue weighted by molar-refractivity contribution is 0.234. The number of hydrogen-bond donors (Lipinski definition) is 2. The number of ether oxygens (including phenoxy) is 1. The number of nitrogen functional groups attached to an aromatic ring is 1. The van der Waals surface area contributed by atoms with Gasteiger partial charge < -0.3 is 10.5 Å². The highest BCUT2D eigenvalue weighted by Gasteiger charge is 2.40. The van der Waals surface area contributed by atoms with Gasteiger partial charge in [-0.05, 0) is 81.3 Å². The van der Waals surface area contributed by atoms with E-state index in [1.165, 1.54) is 39.8 Å². The van der Waals surface area contributed by atoms with Crippen LogP contribution in [0.1, 0.15) is 65.5 Å². The average Bonchev–Trinajstić information content (AvgIpc) is 3.64. The van der Waals surface area contributed by atoms with Crippen molar-refractivity contribution in [2.45, 2.75) is 38.5 Å². The lowest BCUT2D eigenvalue weighted by Crippen LogP contribution is -2.18. The molecule has 0 saturated heterocycles. The maximum absolute atomic E-state index is 7.83. The molecular weight excluding hydrogens is 418 g/mol. The van der Waals surface area contributed by atoms with Crippen molar-refractivity contribution < 1.29 is 4.74 Å². The summed E-state index contributed by atoms with van der Waals surface area (Å²) in [4.78, 5) is 4.84. The second-order valence-electron chi connectivity index (χ2n) is 9.85. The maximum atomic E-state index is 7.83. The molecule has 1 fully saturated rings. The van der Waals surface area contributed by atoms with Gasteiger partial charge in [0.25, 0.3) is 0 Å². The van der Waals surface area contributed by atoms with Gasteiger partial charge in [-0.3, -0.25) is 10.4 Å². The van der Waals surface area contributed by atoms with Gasteiger partial charge in [-0.15, -0.1) is 0 Å². The Bertz CT molecular complexity index is 1320. The zero-order valence-corrected chi connectivity index (χ0v) is 20.3. The fraction of sp³-hybridized carbons (Fsp3) is 0.333. The molecule has 3 N–H and O–H groups in total. The number of aliphatic imine (C=N–C) groups is 1.